The van der Waals surface area contributed by atoms with Gasteiger partial charge >= 0.3 is 0 Å². The Morgan fingerprint density at radius 3 is 3.21 bits per heavy atom. The van der Waals surface area contributed by atoms with Crippen molar-refractivity contribution in [1.29, 1.82) is 0 Å². The lowest BCUT2D eigenvalue weighted by atomic mass is 10.0. The number of nitrogens with one attached hydrogen (secondary N) is 1. The van der Waals surface area contributed by atoms with Gasteiger partial charge in [-0.1, -0.05) is 0 Å². The molecule has 0 saturated heterocycles. The molecule has 0 bridgehead atoms. The summed E-state index contributed by atoms with van der Waals surface area (Å²) in [6, 6.07) is 2.51. The molecule has 0 radical (unpaired) electrons. The van der Waals surface area contributed by atoms with Crippen LogP contribution in [0.1, 0.15) is 23.4 Å². The van der Waals surface area contributed by atoms with Crippen LogP contribution in [0.15, 0.2) is 22.1 Å². The summed E-state index contributed by atoms with van der Waals surface area (Å²) in [7, 11) is 0. The molecule has 1 aliphatic heterocycles. The number of thiophene rings is 1. The predicted molar refractivity (Wildman–Crippen MR) is 81.3 cm³/mol. The van der Waals surface area contributed by atoms with Gasteiger partial charge in [0.15, 0.2) is 0 Å². The number of hydrazine groups is 1. The van der Waals surface area contributed by atoms with E-state index in [2.05, 4.69) is 54.6 Å². The molecule has 0 saturated carbocycles. The molecule has 0 aromatic carbocycles. The largest absolute Gasteiger partial charge is 0.348 e. The minimum atomic E-state index is 0.312. The molecule has 0 amide bonds. The second-order valence-corrected chi connectivity index (χ2v) is 6.28. The molecule has 0 spiro atoms. The molecule has 3 heterocycles. The first-order valence-electron chi connectivity index (χ1n) is 6.02. The molecule has 1 unspecified atom stereocenters. The maximum absolute atomic E-state index is 5.39. The van der Waals surface area contributed by atoms with Gasteiger partial charge in [0.05, 0.1) is 10.5 Å². The van der Waals surface area contributed by atoms with Gasteiger partial charge in [-0.25, -0.2) is 10.8 Å². The van der Waals surface area contributed by atoms with Gasteiger partial charge in [-0.3, -0.25) is 5.43 Å². The fraction of sp³-hybridized carbons (Fsp3) is 0.333. The first-order chi connectivity index (χ1) is 9.20. The molecule has 100 valence electrons. The number of hydrogen-bond donors (Lipinski definition) is 2. The van der Waals surface area contributed by atoms with Crippen LogP contribution >= 0.6 is 27.3 Å². The van der Waals surface area contributed by atoms with Crippen LogP contribution in [0.4, 0.5) is 11.8 Å². The average molecular weight is 340 g/mol. The molecular weight excluding hydrogens is 326 g/mol. The topological polar surface area (TPSA) is 67.1 Å². The highest BCUT2D eigenvalue weighted by molar-refractivity contribution is 9.10. The quantitative estimate of drug-likeness (QED) is 0.650. The lowest BCUT2D eigenvalue weighted by Crippen LogP contribution is -2.34. The van der Waals surface area contributed by atoms with E-state index in [9.17, 15) is 0 Å². The smallest absolute Gasteiger partial charge is 0.239 e. The molecule has 1 atom stereocenters. The highest BCUT2D eigenvalue weighted by Gasteiger charge is 2.27. The van der Waals surface area contributed by atoms with Crippen molar-refractivity contribution < 1.29 is 0 Å². The summed E-state index contributed by atoms with van der Waals surface area (Å²) in [6.45, 7) is 3.16. The van der Waals surface area contributed by atoms with Crippen molar-refractivity contribution in [3.8, 4) is 0 Å². The highest BCUT2D eigenvalue weighted by atomic mass is 79.9. The highest BCUT2D eigenvalue weighted by Crippen LogP contribution is 2.37. The Bertz CT molecular complexity index is 600. The number of hydrogen-bond acceptors (Lipinski definition) is 6. The zero-order chi connectivity index (χ0) is 13.4. The molecular formula is C12H14BrN5S. The van der Waals surface area contributed by atoms with Crippen molar-refractivity contribution >= 4 is 39.0 Å². The van der Waals surface area contributed by atoms with E-state index in [1.54, 1.807) is 6.20 Å². The van der Waals surface area contributed by atoms with E-state index in [1.165, 1.54) is 10.4 Å². The van der Waals surface area contributed by atoms with Gasteiger partial charge in [-0.05, 0) is 46.3 Å². The zero-order valence-corrected chi connectivity index (χ0v) is 12.8. The van der Waals surface area contributed by atoms with E-state index < -0.39 is 0 Å². The van der Waals surface area contributed by atoms with Crippen LogP contribution in [-0.2, 0) is 6.42 Å². The fourth-order valence-electron chi connectivity index (χ4n) is 2.43. The average Bonchev–Trinajstić information content (AvgIpc) is 2.90. The second kappa shape index (κ2) is 5.07. The Labute approximate surface area is 124 Å². The lowest BCUT2D eigenvalue weighted by Gasteiger charge is -2.35. The minimum Gasteiger partial charge on any atom is -0.348 e. The van der Waals surface area contributed by atoms with E-state index in [0.717, 1.165) is 23.3 Å². The predicted octanol–water partition coefficient (Wildman–Crippen LogP) is 2.71. The van der Waals surface area contributed by atoms with Crippen molar-refractivity contribution in [3.63, 3.8) is 0 Å². The van der Waals surface area contributed by atoms with Gasteiger partial charge < -0.3 is 4.90 Å². The zero-order valence-electron chi connectivity index (χ0n) is 10.4. The van der Waals surface area contributed by atoms with Crippen molar-refractivity contribution in [2.45, 2.75) is 19.4 Å². The molecule has 3 N–H and O–H groups in total. The molecule has 5 nitrogen and oxygen atoms in total. The van der Waals surface area contributed by atoms with Crippen LogP contribution < -0.4 is 16.2 Å². The number of aromatic nitrogens is 2. The van der Waals surface area contributed by atoms with Gasteiger partial charge in [-0.15, -0.1) is 11.3 Å². The molecule has 0 fully saturated rings. The number of fused-ring (bicyclic) bond motifs is 1. The van der Waals surface area contributed by atoms with E-state index >= 15 is 0 Å². The molecule has 2 aromatic heterocycles. The van der Waals surface area contributed by atoms with Crippen LogP contribution in [0.25, 0.3) is 0 Å². The van der Waals surface area contributed by atoms with Crippen molar-refractivity contribution in [2.24, 2.45) is 5.84 Å². The number of anilines is 2. The number of nitrogens with zero attached hydrogens (tertiary/aromatic N) is 3. The first-order valence-corrected chi connectivity index (χ1v) is 7.70. The Morgan fingerprint density at radius 1 is 1.58 bits per heavy atom. The fourth-order valence-corrected chi connectivity index (χ4v) is 3.81. The van der Waals surface area contributed by atoms with Crippen LogP contribution in [0.2, 0.25) is 0 Å². The number of nitrogens with two attached hydrogens (primary N) is 1. The van der Waals surface area contributed by atoms with Crippen LogP contribution in [-0.4, -0.2) is 16.5 Å². The van der Waals surface area contributed by atoms with Gasteiger partial charge in [0.25, 0.3) is 0 Å². The SMILES string of the molecule is CC1c2ccsc2CCN1c1nc(NN)ncc1Br. The number of rotatable bonds is 2. The van der Waals surface area contributed by atoms with E-state index in [-0.39, 0.29) is 0 Å². The van der Waals surface area contributed by atoms with Gasteiger partial charge in [0, 0.05) is 17.6 Å². The Morgan fingerprint density at radius 2 is 2.42 bits per heavy atom. The molecule has 1 aliphatic rings. The summed E-state index contributed by atoms with van der Waals surface area (Å²) in [5, 5.41) is 2.16. The summed E-state index contributed by atoms with van der Waals surface area (Å²) >= 11 is 5.36. The lowest BCUT2D eigenvalue weighted by molar-refractivity contribution is 0.623. The third-order valence-corrected chi connectivity index (χ3v) is 4.96. The number of nitrogen functional groups attached to an aromatic ring is 1. The van der Waals surface area contributed by atoms with Crippen molar-refractivity contribution in [2.75, 3.05) is 16.9 Å². The Kier molecular flexibility index (Phi) is 3.42. The van der Waals surface area contributed by atoms with E-state index in [0.29, 0.717) is 12.0 Å². The Balaban J connectivity index is 1.99. The maximum Gasteiger partial charge on any atom is 0.239 e. The summed E-state index contributed by atoms with van der Waals surface area (Å²) in [5.41, 5.74) is 3.89. The van der Waals surface area contributed by atoms with Gasteiger partial charge in [0.2, 0.25) is 5.95 Å². The van der Waals surface area contributed by atoms with Crippen LogP contribution in [0, 0.1) is 0 Å². The van der Waals surface area contributed by atoms with Crippen LogP contribution in [0.3, 0.4) is 0 Å². The standard InChI is InChI=1S/C12H14BrN5S/c1-7-8-3-5-19-10(8)2-4-18(7)11-9(13)6-15-12(16-11)17-14/h3,5-7H,2,4,14H2,1H3,(H,15,16,17). The summed E-state index contributed by atoms with van der Waals surface area (Å²) in [6.07, 6.45) is 2.78. The minimum absolute atomic E-state index is 0.312. The maximum atomic E-state index is 5.39. The normalized spacial score (nSPS) is 18.3. The van der Waals surface area contributed by atoms with Gasteiger partial charge in [0.1, 0.15) is 5.82 Å². The van der Waals surface area contributed by atoms with Gasteiger partial charge in [-0.2, -0.15) is 4.98 Å². The second-order valence-electron chi connectivity index (χ2n) is 4.43. The van der Waals surface area contributed by atoms with E-state index in [4.69, 9.17) is 5.84 Å². The molecule has 2 aromatic rings. The molecule has 19 heavy (non-hydrogen) atoms. The van der Waals surface area contributed by atoms with Crippen LogP contribution in [0.5, 0.6) is 0 Å². The summed E-state index contributed by atoms with van der Waals surface area (Å²) in [4.78, 5) is 12.3. The number of halogens is 1. The third-order valence-electron chi connectivity index (χ3n) is 3.40. The first kappa shape index (κ1) is 12.8. The summed E-state index contributed by atoms with van der Waals surface area (Å²) < 4.78 is 0.886. The molecule has 3 rings (SSSR count). The van der Waals surface area contributed by atoms with Crippen molar-refractivity contribution in [1.82, 2.24) is 9.97 Å². The molecule has 0 aliphatic carbocycles. The monoisotopic (exact) mass is 339 g/mol. The summed E-state index contributed by atoms with van der Waals surface area (Å²) in [5.74, 6) is 6.70. The molecule has 7 heteroatoms. The third kappa shape index (κ3) is 2.22. The van der Waals surface area contributed by atoms with Crippen molar-refractivity contribution in [3.05, 3.63) is 32.6 Å². The Hall–Kier alpha value is -1.18. The van der Waals surface area contributed by atoms with E-state index in [1.807, 2.05) is 11.3 Å².